The Morgan fingerprint density at radius 2 is 1.90 bits per heavy atom. The van der Waals surface area contributed by atoms with Crippen molar-refractivity contribution in [2.24, 2.45) is 0 Å². The first-order valence-electron chi connectivity index (χ1n) is 5.82. The topological polar surface area (TPSA) is 36.7 Å². The van der Waals surface area contributed by atoms with E-state index in [0.717, 1.165) is 12.1 Å². The quantitative estimate of drug-likeness (QED) is 0.746. The molecule has 1 aromatic heterocycles. The Bertz CT molecular complexity index is 713. The van der Waals surface area contributed by atoms with Gasteiger partial charge in [0.2, 0.25) is 0 Å². The second-order valence-corrected chi connectivity index (χ2v) is 4.53. The molecule has 0 spiro atoms. The zero-order valence-electron chi connectivity index (χ0n) is 10.5. The zero-order chi connectivity index (χ0) is 15.5. The fraction of sp³-hybridized carbons (Fsp3) is 0.0667. The van der Waals surface area contributed by atoms with Gasteiger partial charge in [-0.1, -0.05) is 29.8 Å². The van der Waals surface area contributed by atoms with Crippen LogP contribution in [0.15, 0.2) is 42.6 Å². The van der Waals surface area contributed by atoms with Gasteiger partial charge in [0.25, 0.3) is 0 Å². The molecule has 1 heterocycles. The third-order valence-corrected chi connectivity index (χ3v) is 3.04. The van der Waals surface area contributed by atoms with Gasteiger partial charge >= 0.3 is 6.18 Å². The first kappa shape index (κ1) is 15.1. The molecule has 0 saturated carbocycles. The van der Waals surface area contributed by atoms with Crippen LogP contribution in [0, 0.1) is 11.3 Å². The summed E-state index contributed by atoms with van der Waals surface area (Å²) in [7, 11) is 0. The zero-order valence-corrected chi connectivity index (χ0v) is 11.3. The Labute approximate surface area is 124 Å². The summed E-state index contributed by atoms with van der Waals surface area (Å²) in [5, 5.41) is 9.58. The molecule has 0 bridgehead atoms. The van der Waals surface area contributed by atoms with E-state index in [0.29, 0.717) is 16.8 Å². The van der Waals surface area contributed by atoms with E-state index in [4.69, 9.17) is 16.9 Å². The molecule has 2 nitrogen and oxygen atoms in total. The lowest BCUT2D eigenvalue weighted by atomic mass is 10.1. The molecular formula is C15H8ClF3N2. The largest absolute Gasteiger partial charge is 0.417 e. The SMILES string of the molecule is N#C/C(=C\c1ccccc1Cl)c1ccc(C(F)(F)F)cn1. The van der Waals surface area contributed by atoms with Crippen LogP contribution in [0.25, 0.3) is 11.6 Å². The second kappa shape index (κ2) is 5.98. The smallest absolute Gasteiger partial charge is 0.255 e. The maximum absolute atomic E-state index is 12.5. The van der Waals surface area contributed by atoms with Gasteiger partial charge in [-0.3, -0.25) is 4.98 Å². The molecule has 0 aliphatic rings. The van der Waals surface area contributed by atoms with Crippen LogP contribution < -0.4 is 0 Å². The predicted octanol–water partition coefficient (Wildman–Crippen LogP) is 4.82. The molecule has 1 aromatic carbocycles. The highest BCUT2D eigenvalue weighted by molar-refractivity contribution is 6.32. The van der Waals surface area contributed by atoms with E-state index in [9.17, 15) is 13.2 Å². The summed E-state index contributed by atoms with van der Waals surface area (Å²) in [6.07, 6.45) is -2.27. The number of benzene rings is 1. The number of allylic oxidation sites excluding steroid dienone is 1. The van der Waals surface area contributed by atoms with E-state index in [2.05, 4.69) is 4.98 Å². The van der Waals surface area contributed by atoms with E-state index >= 15 is 0 Å². The Morgan fingerprint density at radius 1 is 1.19 bits per heavy atom. The number of pyridine rings is 1. The molecule has 0 unspecified atom stereocenters. The summed E-state index contributed by atoms with van der Waals surface area (Å²) in [6, 6.07) is 10.8. The van der Waals surface area contributed by atoms with Crippen LogP contribution in [0.2, 0.25) is 5.02 Å². The predicted molar refractivity (Wildman–Crippen MR) is 74.2 cm³/mol. The molecular weight excluding hydrogens is 301 g/mol. The number of nitrogens with zero attached hydrogens (tertiary/aromatic N) is 2. The highest BCUT2D eigenvalue weighted by Crippen LogP contribution is 2.29. The van der Waals surface area contributed by atoms with Gasteiger partial charge < -0.3 is 0 Å². The van der Waals surface area contributed by atoms with Crippen molar-refractivity contribution in [3.63, 3.8) is 0 Å². The normalized spacial score (nSPS) is 12.0. The van der Waals surface area contributed by atoms with Gasteiger partial charge in [0.15, 0.2) is 0 Å². The number of hydrogen-bond acceptors (Lipinski definition) is 2. The lowest BCUT2D eigenvalue weighted by Gasteiger charge is -2.06. The molecule has 0 radical (unpaired) electrons. The maximum Gasteiger partial charge on any atom is 0.417 e. The van der Waals surface area contributed by atoms with Gasteiger partial charge in [-0.05, 0) is 29.8 Å². The maximum atomic E-state index is 12.5. The van der Waals surface area contributed by atoms with Gasteiger partial charge in [-0.25, -0.2) is 0 Å². The van der Waals surface area contributed by atoms with Crippen molar-refractivity contribution in [2.75, 3.05) is 0 Å². The minimum Gasteiger partial charge on any atom is -0.255 e. The van der Waals surface area contributed by atoms with Crippen molar-refractivity contribution in [1.29, 1.82) is 5.26 Å². The molecule has 0 fully saturated rings. The fourth-order valence-corrected chi connectivity index (χ4v) is 1.82. The molecule has 106 valence electrons. The van der Waals surface area contributed by atoms with Crippen molar-refractivity contribution in [2.45, 2.75) is 6.18 Å². The van der Waals surface area contributed by atoms with Crippen LogP contribution in [0.5, 0.6) is 0 Å². The van der Waals surface area contributed by atoms with E-state index in [1.807, 2.05) is 6.07 Å². The Morgan fingerprint density at radius 3 is 2.43 bits per heavy atom. The van der Waals surface area contributed by atoms with E-state index in [1.54, 1.807) is 24.3 Å². The number of aromatic nitrogens is 1. The molecule has 2 rings (SSSR count). The number of halogens is 4. The number of hydrogen-bond donors (Lipinski definition) is 0. The Balaban J connectivity index is 2.39. The summed E-state index contributed by atoms with van der Waals surface area (Å²) in [4.78, 5) is 3.69. The monoisotopic (exact) mass is 308 g/mol. The summed E-state index contributed by atoms with van der Waals surface area (Å²) < 4.78 is 37.4. The van der Waals surface area contributed by atoms with Crippen molar-refractivity contribution in [3.8, 4) is 6.07 Å². The van der Waals surface area contributed by atoms with Gasteiger partial charge in [0.05, 0.1) is 16.8 Å². The molecule has 0 saturated heterocycles. The average Bonchev–Trinajstić information content (AvgIpc) is 2.46. The Kier molecular flexibility index (Phi) is 4.29. The highest BCUT2D eigenvalue weighted by atomic mass is 35.5. The highest BCUT2D eigenvalue weighted by Gasteiger charge is 2.30. The minimum absolute atomic E-state index is 0.136. The van der Waals surface area contributed by atoms with Crippen molar-refractivity contribution in [1.82, 2.24) is 4.98 Å². The molecule has 21 heavy (non-hydrogen) atoms. The molecule has 6 heteroatoms. The number of alkyl halides is 3. The first-order valence-corrected chi connectivity index (χ1v) is 6.19. The van der Waals surface area contributed by atoms with Crippen molar-refractivity contribution < 1.29 is 13.2 Å². The summed E-state index contributed by atoms with van der Waals surface area (Å²) >= 11 is 5.97. The van der Waals surface area contributed by atoms with Gasteiger partial charge in [0, 0.05) is 11.2 Å². The van der Waals surface area contributed by atoms with Crippen LogP contribution in [0.1, 0.15) is 16.8 Å². The number of rotatable bonds is 2. The first-order chi connectivity index (χ1) is 9.91. The molecule has 0 aliphatic heterocycles. The average molecular weight is 309 g/mol. The van der Waals surface area contributed by atoms with Crippen molar-refractivity contribution in [3.05, 3.63) is 64.4 Å². The summed E-state index contributed by atoms with van der Waals surface area (Å²) in [5.74, 6) is 0. The molecule has 0 N–H and O–H groups in total. The van der Waals surface area contributed by atoms with Gasteiger partial charge in [-0.15, -0.1) is 0 Å². The molecule has 0 atom stereocenters. The summed E-state index contributed by atoms with van der Waals surface area (Å²) in [6.45, 7) is 0. The lowest BCUT2D eigenvalue weighted by molar-refractivity contribution is -0.137. The van der Waals surface area contributed by atoms with Gasteiger partial charge in [-0.2, -0.15) is 18.4 Å². The van der Waals surface area contributed by atoms with Crippen LogP contribution in [-0.2, 0) is 6.18 Å². The van der Waals surface area contributed by atoms with Crippen molar-refractivity contribution >= 4 is 23.3 Å². The van der Waals surface area contributed by atoms with Crippen LogP contribution in [0.3, 0.4) is 0 Å². The lowest BCUT2D eigenvalue weighted by Crippen LogP contribution is -2.05. The van der Waals surface area contributed by atoms with Crippen LogP contribution in [-0.4, -0.2) is 4.98 Å². The fourth-order valence-electron chi connectivity index (χ4n) is 1.63. The molecule has 2 aromatic rings. The van der Waals surface area contributed by atoms with E-state index in [-0.39, 0.29) is 11.3 Å². The van der Waals surface area contributed by atoms with E-state index < -0.39 is 11.7 Å². The Hall–Kier alpha value is -2.32. The summed E-state index contributed by atoms with van der Waals surface area (Å²) in [5.41, 5.74) is 0.0287. The minimum atomic E-state index is -4.45. The third kappa shape index (κ3) is 3.61. The molecule has 0 amide bonds. The van der Waals surface area contributed by atoms with Gasteiger partial charge in [0.1, 0.15) is 6.07 Å². The van der Waals surface area contributed by atoms with Crippen LogP contribution >= 0.6 is 11.6 Å². The third-order valence-electron chi connectivity index (χ3n) is 2.69. The van der Waals surface area contributed by atoms with Crippen LogP contribution in [0.4, 0.5) is 13.2 Å². The van der Waals surface area contributed by atoms with E-state index in [1.165, 1.54) is 6.08 Å². The molecule has 0 aliphatic carbocycles. The number of nitriles is 1. The standard InChI is InChI=1S/C15H8ClF3N2/c16-13-4-2-1-3-10(13)7-11(8-20)14-6-5-12(9-21-14)15(17,18)19/h1-7,9H/b11-7+. The second-order valence-electron chi connectivity index (χ2n) is 4.12.